The molecule has 10 heteroatoms. The van der Waals surface area contributed by atoms with Crippen molar-refractivity contribution in [1.82, 2.24) is 0 Å². The van der Waals surface area contributed by atoms with E-state index < -0.39 is 39.0 Å². The van der Waals surface area contributed by atoms with Gasteiger partial charge < -0.3 is 0 Å². The first-order valence-electron chi connectivity index (χ1n) is 8.12. The van der Waals surface area contributed by atoms with E-state index in [0.717, 1.165) is 0 Å². The van der Waals surface area contributed by atoms with E-state index in [1.54, 1.807) is 0 Å². The molecule has 0 atom stereocenters. The van der Waals surface area contributed by atoms with Crippen LogP contribution in [0.3, 0.4) is 0 Å². The molecule has 3 aromatic rings. The van der Waals surface area contributed by atoms with E-state index in [2.05, 4.69) is 0 Å². The molecule has 0 unspecified atom stereocenters. The predicted molar refractivity (Wildman–Crippen MR) is 96.8 cm³/mol. The Morgan fingerprint density at radius 1 is 0.607 bits per heavy atom. The van der Waals surface area contributed by atoms with Gasteiger partial charge >= 0.3 is 168 Å². The van der Waals surface area contributed by atoms with E-state index in [9.17, 15) is 14.4 Å². The van der Waals surface area contributed by atoms with Gasteiger partial charge in [0.1, 0.15) is 0 Å². The number of hydrogen-bond acceptors (Lipinski definition) is 9. The van der Waals surface area contributed by atoms with Gasteiger partial charge in [-0.15, -0.1) is 0 Å². The van der Waals surface area contributed by atoms with Gasteiger partial charge in [-0.3, -0.25) is 0 Å². The first-order valence-corrected chi connectivity index (χ1v) is 12.2. The second-order valence-electron chi connectivity index (χ2n) is 5.65. The predicted octanol–water partition coefficient (Wildman–Crippen LogP) is 1.99. The monoisotopic (exact) mass is 490 g/mol. The van der Waals surface area contributed by atoms with E-state index in [1.807, 2.05) is 0 Å². The fraction of sp³-hybridized carbons (Fsp3) is 0.167. The Kier molecular flexibility index (Phi) is 5.98. The van der Waals surface area contributed by atoms with Crippen LogP contribution in [-0.4, -0.2) is 22.7 Å². The number of rotatable bonds is 6. The third-order valence-corrected chi connectivity index (χ3v) is 7.33. The van der Waals surface area contributed by atoms with Gasteiger partial charge in [-0.25, -0.2) is 0 Å². The third kappa shape index (κ3) is 4.33. The van der Waals surface area contributed by atoms with Crippen molar-refractivity contribution in [3.63, 3.8) is 0 Å². The fourth-order valence-corrected chi connectivity index (χ4v) is 6.76. The summed E-state index contributed by atoms with van der Waals surface area (Å²) in [5, 5.41) is 0. The summed E-state index contributed by atoms with van der Waals surface area (Å²) >= 11 is -4.22. The van der Waals surface area contributed by atoms with E-state index in [4.69, 9.17) is 21.8 Å². The van der Waals surface area contributed by atoms with Gasteiger partial charge in [-0.2, -0.15) is 0 Å². The van der Waals surface area contributed by atoms with Crippen LogP contribution in [0.1, 0.15) is 17.3 Å². The third-order valence-electron chi connectivity index (χ3n) is 3.67. The van der Waals surface area contributed by atoms with Crippen molar-refractivity contribution in [2.24, 2.45) is 0 Å². The Morgan fingerprint density at radius 2 is 0.893 bits per heavy atom. The first kappa shape index (κ1) is 19.9. The quantitative estimate of drug-likeness (QED) is 0.511. The van der Waals surface area contributed by atoms with Crippen LogP contribution in [0.5, 0.6) is 17.2 Å². The Labute approximate surface area is 167 Å². The maximum absolute atomic E-state index is 12.1. The van der Waals surface area contributed by atoms with Crippen molar-refractivity contribution in [2.75, 3.05) is 0 Å². The molecule has 0 bridgehead atoms. The van der Waals surface area contributed by atoms with Crippen LogP contribution in [0.15, 0.2) is 64.6 Å². The SMILES string of the molecule is Cc1occc(=O)c1[O][In]([O]c1c(C)occc1=O)[O]c1c(C)occc1=O. The zero-order chi connectivity index (χ0) is 20.3. The van der Waals surface area contributed by atoms with Crippen LogP contribution >= 0.6 is 0 Å². The Bertz CT molecular complexity index is 1010. The van der Waals surface area contributed by atoms with Crippen LogP contribution < -0.4 is 24.8 Å². The standard InChI is InChI=1S/3C6H6O3.In/c3*1-4-6(8)5(7)2-3-9-4;/h3*2-3,8H,1H3;/q;;;+3/p-3. The average Bonchev–Trinajstić information content (AvgIpc) is 2.64. The summed E-state index contributed by atoms with van der Waals surface area (Å²) in [5.74, 6) is 0.276. The Balaban J connectivity index is 2.02. The molecule has 3 rings (SSSR count). The first-order chi connectivity index (χ1) is 13.4. The normalized spacial score (nSPS) is 10.4. The summed E-state index contributed by atoms with van der Waals surface area (Å²) in [4.78, 5) is 36.4. The molecular formula is C18H15InO9. The van der Waals surface area contributed by atoms with Gasteiger partial charge in [-0.1, -0.05) is 0 Å². The van der Waals surface area contributed by atoms with Gasteiger partial charge in [0, 0.05) is 0 Å². The number of aryl methyl sites for hydroxylation is 3. The molecule has 0 fully saturated rings. The van der Waals surface area contributed by atoms with Gasteiger partial charge in [-0.05, 0) is 0 Å². The molecule has 0 aromatic carbocycles. The molecule has 0 aliphatic rings. The minimum atomic E-state index is -4.22. The van der Waals surface area contributed by atoms with E-state index in [0.29, 0.717) is 0 Å². The summed E-state index contributed by atoms with van der Waals surface area (Å²) in [6.07, 6.45) is 3.67. The molecule has 0 aliphatic heterocycles. The van der Waals surface area contributed by atoms with Crippen LogP contribution in [0, 0.1) is 20.8 Å². The molecule has 0 saturated heterocycles. The number of hydrogen-bond donors (Lipinski definition) is 0. The molecular weight excluding hydrogens is 475 g/mol. The van der Waals surface area contributed by atoms with E-state index in [1.165, 1.54) is 57.8 Å². The molecule has 144 valence electrons. The molecule has 0 amide bonds. The molecule has 0 radical (unpaired) electrons. The Morgan fingerprint density at radius 3 is 1.14 bits per heavy atom. The van der Waals surface area contributed by atoms with Crippen LogP contribution in [0.2, 0.25) is 0 Å². The summed E-state index contributed by atoms with van der Waals surface area (Å²) < 4.78 is 32.6. The van der Waals surface area contributed by atoms with Gasteiger partial charge in [0.05, 0.1) is 0 Å². The summed E-state index contributed by atoms with van der Waals surface area (Å²) in [6.45, 7) is 4.59. The van der Waals surface area contributed by atoms with Crippen LogP contribution in [-0.2, 0) is 0 Å². The summed E-state index contributed by atoms with van der Waals surface area (Å²) in [6, 6.07) is 3.53. The Hall–Kier alpha value is -2.88. The van der Waals surface area contributed by atoms with Crippen molar-refractivity contribution in [3.05, 3.63) is 84.9 Å². The van der Waals surface area contributed by atoms with Crippen LogP contribution in [0.4, 0.5) is 0 Å². The van der Waals surface area contributed by atoms with Crippen LogP contribution in [0.25, 0.3) is 0 Å². The van der Waals surface area contributed by atoms with E-state index in [-0.39, 0.29) is 34.5 Å². The van der Waals surface area contributed by atoms with Crippen molar-refractivity contribution in [3.8, 4) is 17.2 Å². The molecule has 0 N–H and O–H groups in total. The van der Waals surface area contributed by atoms with E-state index >= 15 is 0 Å². The van der Waals surface area contributed by atoms with Crippen molar-refractivity contribution < 1.29 is 21.8 Å². The second kappa shape index (κ2) is 8.42. The van der Waals surface area contributed by atoms with Crippen molar-refractivity contribution in [2.45, 2.75) is 20.8 Å². The molecule has 3 aromatic heterocycles. The zero-order valence-corrected chi connectivity index (χ0v) is 18.5. The van der Waals surface area contributed by atoms with Crippen molar-refractivity contribution >= 4 is 22.7 Å². The second-order valence-corrected chi connectivity index (χ2v) is 9.32. The zero-order valence-electron chi connectivity index (χ0n) is 15.2. The summed E-state index contributed by atoms with van der Waals surface area (Å²) in [7, 11) is 0. The van der Waals surface area contributed by atoms with Gasteiger partial charge in [0.25, 0.3) is 0 Å². The summed E-state index contributed by atoms with van der Waals surface area (Å²) in [5.41, 5.74) is -1.36. The average molecular weight is 490 g/mol. The fourth-order valence-electron chi connectivity index (χ4n) is 2.29. The molecule has 28 heavy (non-hydrogen) atoms. The van der Waals surface area contributed by atoms with Gasteiger partial charge in [0.2, 0.25) is 0 Å². The molecule has 3 heterocycles. The van der Waals surface area contributed by atoms with Crippen molar-refractivity contribution in [1.29, 1.82) is 0 Å². The topological polar surface area (TPSA) is 118 Å². The molecule has 9 nitrogen and oxygen atoms in total. The molecule has 0 spiro atoms. The maximum atomic E-state index is 12.1. The van der Waals surface area contributed by atoms with Gasteiger partial charge in [0.15, 0.2) is 0 Å². The molecule has 0 saturated carbocycles. The molecule has 0 aliphatic carbocycles. The minimum absolute atomic E-state index is 0.112.